The van der Waals surface area contributed by atoms with Crippen molar-refractivity contribution in [2.45, 2.75) is 56.1 Å². The maximum absolute atomic E-state index is 12.6. The van der Waals surface area contributed by atoms with Crippen LogP contribution in [0.2, 0.25) is 5.02 Å². The van der Waals surface area contributed by atoms with E-state index in [9.17, 15) is 18.0 Å². The number of carbonyl (C=O) groups is 2. The Morgan fingerprint density at radius 1 is 1.26 bits per heavy atom. The Balaban J connectivity index is 1.69. The van der Waals surface area contributed by atoms with E-state index in [1.54, 1.807) is 4.90 Å². The van der Waals surface area contributed by atoms with Crippen LogP contribution in [-0.4, -0.2) is 49.8 Å². The topological polar surface area (TPSA) is 95.6 Å². The molecule has 0 spiro atoms. The van der Waals surface area contributed by atoms with Crippen LogP contribution in [0.4, 0.5) is 0 Å². The number of carbonyl (C=O) groups excluding carboxylic acids is 2. The van der Waals surface area contributed by atoms with Crippen molar-refractivity contribution >= 4 is 33.4 Å². The van der Waals surface area contributed by atoms with Crippen molar-refractivity contribution in [1.29, 1.82) is 0 Å². The fourth-order valence-electron chi connectivity index (χ4n) is 3.65. The summed E-state index contributed by atoms with van der Waals surface area (Å²) in [6, 6.07) is 4.37. The van der Waals surface area contributed by atoms with Gasteiger partial charge in [0.15, 0.2) is 0 Å². The summed E-state index contributed by atoms with van der Waals surface area (Å²) in [5, 5.41) is 3.25. The van der Waals surface area contributed by atoms with Crippen LogP contribution in [0, 0.1) is 5.92 Å². The lowest BCUT2D eigenvalue weighted by molar-refractivity contribution is -0.152. The molecule has 2 N–H and O–H groups in total. The lowest BCUT2D eigenvalue weighted by Crippen LogP contribution is -2.67. The molecule has 27 heavy (non-hydrogen) atoms. The first-order chi connectivity index (χ1) is 12.7. The van der Waals surface area contributed by atoms with E-state index in [1.165, 1.54) is 24.3 Å². The number of amides is 2. The molecule has 3 atom stereocenters. The number of sulfonamides is 1. The van der Waals surface area contributed by atoms with Gasteiger partial charge in [-0.1, -0.05) is 25.4 Å². The molecule has 2 fully saturated rings. The van der Waals surface area contributed by atoms with Gasteiger partial charge in [-0.3, -0.25) is 9.59 Å². The highest BCUT2D eigenvalue weighted by atomic mass is 35.5. The average molecular weight is 414 g/mol. The van der Waals surface area contributed by atoms with Crippen LogP contribution >= 0.6 is 11.6 Å². The Kier molecular flexibility index (Phi) is 5.79. The summed E-state index contributed by atoms with van der Waals surface area (Å²) < 4.78 is 27.8. The number of piperidine rings is 1. The second-order valence-corrected chi connectivity index (χ2v) is 9.69. The third kappa shape index (κ3) is 4.44. The molecule has 2 saturated heterocycles. The number of nitrogens with zero attached hydrogens (tertiary/aromatic N) is 1. The number of rotatable bonds is 5. The van der Waals surface area contributed by atoms with Gasteiger partial charge in [-0.2, -0.15) is 0 Å². The van der Waals surface area contributed by atoms with Gasteiger partial charge in [0.25, 0.3) is 0 Å². The molecule has 0 aromatic heterocycles. The van der Waals surface area contributed by atoms with Crippen molar-refractivity contribution in [3.8, 4) is 0 Å². The predicted octanol–water partition coefficient (Wildman–Crippen LogP) is 1.52. The molecule has 2 aliphatic rings. The van der Waals surface area contributed by atoms with Crippen molar-refractivity contribution in [2.75, 3.05) is 6.54 Å². The number of hydrogen-bond acceptors (Lipinski definition) is 4. The van der Waals surface area contributed by atoms with Crippen LogP contribution in [-0.2, 0) is 19.6 Å². The highest BCUT2D eigenvalue weighted by molar-refractivity contribution is 7.89. The first-order valence-corrected chi connectivity index (χ1v) is 10.9. The maximum Gasteiger partial charge on any atom is 0.245 e. The third-order valence-electron chi connectivity index (χ3n) is 4.96. The van der Waals surface area contributed by atoms with Gasteiger partial charge in [-0.05, 0) is 49.4 Å². The normalized spacial score (nSPS) is 26.1. The fraction of sp³-hybridized carbons (Fsp3) is 0.556. The molecule has 0 saturated carbocycles. The standard InChI is InChI=1S/C18H24ClN3O4S/c1-11(2)9-15-18(24)22-8-7-13(10-16(22)17(23)20-15)21-27(25,26)14-5-3-12(19)4-6-14/h3-6,11,13,15-16,21H,7-10H2,1-2H3,(H,20,23)/t13-,15+,16-/m0/s1. The van der Waals surface area contributed by atoms with Crippen LogP contribution in [0.1, 0.15) is 33.1 Å². The number of hydrogen-bond donors (Lipinski definition) is 2. The van der Waals surface area contributed by atoms with Gasteiger partial charge < -0.3 is 10.2 Å². The maximum atomic E-state index is 12.6. The molecule has 0 radical (unpaired) electrons. The molecule has 0 bridgehead atoms. The second-order valence-electron chi connectivity index (χ2n) is 7.53. The van der Waals surface area contributed by atoms with E-state index in [2.05, 4.69) is 10.0 Å². The quantitative estimate of drug-likeness (QED) is 0.765. The number of halogens is 1. The van der Waals surface area contributed by atoms with Crippen molar-refractivity contribution in [1.82, 2.24) is 14.9 Å². The van der Waals surface area contributed by atoms with Gasteiger partial charge >= 0.3 is 0 Å². The van der Waals surface area contributed by atoms with Gasteiger partial charge in [0.1, 0.15) is 12.1 Å². The molecule has 1 aromatic rings. The summed E-state index contributed by atoms with van der Waals surface area (Å²) in [7, 11) is -3.72. The Morgan fingerprint density at radius 2 is 1.93 bits per heavy atom. The Hall–Kier alpha value is -1.64. The molecule has 148 valence electrons. The summed E-state index contributed by atoms with van der Waals surface area (Å²) in [5.41, 5.74) is 0. The number of fused-ring (bicyclic) bond motifs is 1. The largest absolute Gasteiger partial charge is 0.342 e. The molecule has 2 amide bonds. The summed E-state index contributed by atoms with van der Waals surface area (Å²) in [6.07, 6.45) is 1.33. The Bertz CT molecular complexity index is 826. The molecular formula is C18H24ClN3O4S. The highest BCUT2D eigenvalue weighted by Gasteiger charge is 2.44. The van der Waals surface area contributed by atoms with Crippen LogP contribution in [0.5, 0.6) is 0 Å². The van der Waals surface area contributed by atoms with E-state index < -0.39 is 28.1 Å². The number of nitrogens with one attached hydrogen (secondary N) is 2. The lowest BCUT2D eigenvalue weighted by Gasteiger charge is -2.44. The zero-order chi connectivity index (χ0) is 19.8. The minimum absolute atomic E-state index is 0.0766. The van der Waals surface area contributed by atoms with Gasteiger partial charge in [-0.25, -0.2) is 13.1 Å². The SMILES string of the molecule is CC(C)C[C@H]1NC(=O)[C@@H]2C[C@@H](NS(=O)(=O)c3ccc(Cl)cc3)CCN2C1=O. The summed E-state index contributed by atoms with van der Waals surface area (Å²) >= 11 is 5.81. The van der Waals surface area contributed by atoms with Gasteiger partial charge in [0.05, 0.1) is 4.90 Å². The minimum Gasteiger partial charge on any atom is -0.342 e. The molecule has 2 aliphatic heterocycles. The summed E-state index contributed by atoms with van der Waals surface area (Å²) in [4.78, 5) is 26.9. The molecule has 0 unspecified atom stereocenters. The highest BCUT2D eigenvalue weighted by Crippen LogP contribution is 2.25. The number of benzene rings is 1. The summed E-state index contributed by atoms with van der Waals surface area (Å²) in [6.45, 7) is 4.37. The molecule has 9 heteroatoms. The first-order valence-electron chi connectivity index (χ1n) is 9.06. The van der Waals surface area contributed by atoms with E-state index in [0.29, 0.717) is 30.3 Å². The van der Waals surface area contributed by atoms with Gasteiger partial charge in [0.2, 0.25) is 21.8 Å². The van der Waals surface area contributed by atoms with Crippen molar-refractivity contribution < 1.29 is 18.0 Å². The van der Waals surface area contributed by atoms with Crippen molar-refractivity contribution in [3.05, 3.63) is 29.3 Å². The second kappa shape index (κ2) is 7.77. The van der Waals surface area contributed by atoms with Crippen molar-refractivity contribution in [3.63, 3.8) is 0 Å². The van der Waals surface area contributed by atoms with E-state index in [0.717, 1.165) is 0 Å². The minimum atomic E-state index is -3.72. The molecule has 3 rings (SSSR count). The van der Waals surface area contributed by atoms with E-state index in [-0.39, 0.29) is 23.1 Å². The zero-order valence-corrected chi connectivity index (χ0v) is 16.9. The van der Waals surface area contributed by atoms with Gasteiger partial charge in [-0.15, -0.1) is 0 Å². The van der Waals surface area contributed by atoms with E-state index in [1.807, 2.05) is 13.8 Å². The van der Waals surface area contributed by atoms with E-state index in [4.69, 9.17) is 11.6 Å². The molecule has 2 heterocycles. The smallest absolute Gasteiger partial charge is 0.245 e. The Labute approximate surface area is 164 Å². The zero-order valence-electron chi connectivity index (χ0n) is 15.3. The molecule has 1 aromatic carbocycles. The Morgan fingerprint density at radius 3 is 2.56 bits per heavy atom. The van der Waals surface area contributed by atoms with Crippen molar-refractivity contribution in [2.24, 2.45) is 5.92 Å². The lowest BCUT2D eigenvalue weighted by atomic mass is 9.91. The number of piperazine rings is 1. The van der Waals surface area contributed by atoms with Crippen LogP contribution < -0.4 is 10.0 Å². The van der Waals surface area contributed by atoms with E-state index >= 15 is 0 Å². The third-order valence-corrected chi connectivity index (χ3v) is 6.74. The summed E-state index contributed by atoms with van der Waals surface area (Å²) in [5.74, 6) is 0.00229. The van der Waals surface area contributed by atoms with Crippen LogP contribution in [0.3, 0.4) is 0 Å². The molecule has 0 aliphatic carbocycles. The monoisotopic (exact) mass is 413 g/mol. The fourth-order valence-corrected chi connectivity index (χ4v) is 5.06. The first kappa shape index (κ1) is 20.1. The average Bonchev–Trinajstić information content (AvgIpc) is 2.59. The molecular weight excluding hydrogens is 390 g/mol. The predicted molar refractivity (Wildman–Crippen MR) is 102 cm³/mol. The van der Waals surface area contributed by atoms with Crippen LogP contribution in [0.15, 0.2) is 29.2 Å². The van der Waals surface area contributed by atoms with Crippen LogP contribution in [0.25, 0.3) is 0 Å². The van der Waals surface area contributed by atoms with Gasteiger partial charge in [0, 0.05) is 17.6 Å². The molecule has 7 nitrogen and oxygen atoms in total.